The SMILES string of the molecule is CCCN(Cc1ccccc1)C(=O)NC(C)Cc1cccc(OC)c1. The van der Waals surface area contributed by atoms with Gasteiger partial charge in [-0.05, 0) is 43.0 Å². The van der Waals surface area contributed by atoms with E-state index in [4.69, 9.17) is 4.74 Å². The van der Waals surface area contributed by atoms with Gasteiger partial charge < -0.3 is 15.0 Å². The summed E-state index contributed by atoms with van der Waals surface area (Å²) in [5.74, 6) is 0.840. The van der Waals surface area contributed by atoms with Crippen LogP contribution in [0.4, 0.5) is 4.79 Å². The molecule has 0 heterocycles. The quantitative estimate of drug-likeness (QED) is 0.780. The zero-order valence-corrected chi connectivity index (χ0v) is 15.4. The molecule has 2 amide bonds. The number of nitrogens with one attached hydrogen (secondary N) is 1. The summed E-state index contributed by atoms with van der Waals surface area (Å²) < 4.78 is 5.26. The van der Waals surface area contributed by atoms with E-state index in [0.29, 0.717) is 6.54 Å². The number of carbonyl (C=O) groups is 1. The molecule has 4 heteroatoms. The van der Waals surface area contributed by atoms with Crippen LogP contribution in [0.3, 0.4) is 0 Å². The Morgan fingerprint density at radius 2 is 1.84 bits per heavy atom. The van der Waals surface area contributed by atoms with Crippen molar-refractivity contribution in [3.8, 4) is 5.75 Å². The smallest absolute Gasteiger partial charge is 0.317 e. The number of rotatable bonds is 8. The Morgan fingerprint density at radius 3 is 2.52 bits per heavy atom. The third kappa shape index (κ3) is 6.14. The van der Waals surface area contributed by atoms with Crippen LogP contribution in [0, 0.1) is 0 Å². The molecule has 0 bridgehead atoms. The zero-order chi connectivity index (χ0) is 18.1. The molecule has 134 valence electrons. The van der Waals surface area contributed by atoms with Crippen LogP contribution in [0.2, 0.25) is 0 Å². The van der Waals surface area contributed by atoms with E-state index in [1.165, 1.54) is 0 Å². The molecule has 1 N–H and O–H groups in total. The number of benzene rings is 2. The largest absolute Gasteiger partial charge is 0.497 e. The van der Waals surface area contributed by atoms with Crippen LogP contribution >= 0.6 is 0 Å². The fourth-order valence-corrected chi connectivity index (χ4v) is 2.83. The summed E-state index contributed by atoms with van der Waals surface area (Å²) >= 11 is 0. The van der Waals surface area contributed by atoms with E-state index in [2.05, 4.69) is 30.4 Å². The van der Waals surface area contributed by atoms with E-state index in [1.807, 2.05) is 48.2 Å². The lowest BCUT2D eigenvalue weighted by atomic mass is 10.1. The van der Waals surface area contributed by atoms with Gasteiger partial charge in [0, 0.05) is 19.1 Å². The van der Waals surface area contributed by atoms with E-state index >= 15 is 0 Å². The topological polar surface area (TPSA) is 41.6 Å². The second-order valence-electron chi connectivity index (χ2n) is 6.31. The molecule has 0 fully saturated rings. The van der Waals surface area contributed by atoms with Gasteiger partial charge in [0.25, 0.3) is 0 Å². The van der Waals surface area contributed by atoms with Crippen LogP contribution in [0.15, 0.2) is 54.6 Å². The van der Waals surface area contributed by atoms with Gasteiger partial charge in [0.15, 0.2) is 0 Å². The highest BCUT2D eigenvalue weighted by Crippen LogP contribution is 2.14. The van der Waals surface area contributed by atoms with Gasteiger partial charge in [-0.25, -0.2) is 4.79 Å². The van der Waals surface area contributed by atoms with E-state index in [9.17, 15) is 4.79 Å². The maximum absolute atomic E-state index is 12.7. The van der Waals surface area contributed by atoms with Gasteiger partial charge in [-0.3, -0.25) is 0 Å². The molecule has 0 aliphatic carbocycles. The average Bonchev–Trinajstić information content (AvgIpc) is 2.62. The lowest BCUT2D eigenvalue weighted by Gasteiger charge is -2.25. The lowest BCUT2D eigenvalue weighted by Crippen LogP contribution is -2.44. The Hall–Kier alpha value is -2.49. The number of amides is 2. The van der Waals surface area contributed by atoms with Crippen molar-refractivity contribution >= 4 is 6.03 Å². The zero-order valence-electron chi connectivity index (χ0n) is 15.4. The number of carbonyl (C=O) groups excluding carboxylic acids is 1. The predicted octanol–water partition coefficient (Wildman–Crippen LogP) is 4.25. The number of ether oxygens (including phenoxy) is 1. The molecule has 0 radical (unpaired) electrons. The number of methoxy groups -OCH3 is 1. The van der Waals surface area contributed by atoms with Crippen LogP contribution in [-0.2, 0) is 13.0 Å². The standard InChI is InChI=1S/C21H28N2O2/c1-4-13-23(16-18-9-6-5-7-10-18)21(24)22-17(2)14-19-11-8-12-20(15-19)25-3/h5-12,15,17H,4,13-14,16H2,1-3H3,(H,22,24). The molecule has 0 saturated carbocycles. The van der Waals surface area contributed by atoms with Gasteiger partial charge in [-0.1, -0.05) is 49.4 Å². The molecule has 1 atom stereocenters. The monoisotopic (exact) mass is 340 g/mol. The van der Waals surface area contributed by atoms with E-state index in [1.54, 1.807) is 7.11 Å². The molecule has 2 aromatic carbocycles. The van der Waals surface area contributed by atoms with Crippen LogP contribution in [0.25, 0.3) is 0 Å². The van der Waals surface area contributed by atoms with Gasteiger partial charge >= 0.3 is 6.03 Å². The molecule has 0 saturated heterocycles. The first-order valence-electron chi connectivity index (χ1n) is 8.84. The molecule has 0 aromatic heterocycles. The molecule has 2 aromatic rings. The summed E-state index contributed by atoms with van der Waals surface area (Å²) in [5, 5.41) is 3.12. The highest BCUT2D eigenvalue weighted by molar-refractivity contribution is 5.74. The predicted molar refractivity (Wildman–Crippen MR) is 102 cm³/mol. The van der Waals surface area contributed by atoms with Crippen molar-refractivity contribution in [2.45, 2.75) is 39.3 Å². The average molecular weight is 340 g/mol. The fraction of sp³-hybridized carbons (Fsp3) is 0.381. The third-order valence-electron chi connectivity index (χ3n) is 4.04. The molecule has 25 heavy (non-hydrogen) atoms. The Labute approximate surface area is 150 Å². The Kier molecular flexibility index (Phi) is 7.33. The minimum atomic E-state index is -0.0129. The van der Waals surface area contributed by atoms with Crippen molar-refractivity contribution in [2.75, 3.05) is 13.7 Å². The van der Waals surface area contributed by atoms with E-state index in [-0.39, 0.29) is 12.1 Å². The van der Waals surface area contributed by atoms with Gasteiger partial charge in [-0.15, -0.1) is 0 Å². The van der Waals surface area contributed by atoms with Crippen molar-refractivity contribution in [1.29, 1.82) is 0 Å². The second kappa shape index (κ2) is 9.72. The van der Waals surface area contributed by atoms with Crippen LogP contribution in [-0.4, -0.2) is 30.6 Å². The minimum absolute atomic E-state index is 0.0129. The number of nitrogens with zero attached hydrogens (tertiary/aromatic N) is 1. The van der Waals surface area contributed by atoms with Crippen LogP contribution in [0.5, 0.6) is 5.75 Å². The Bertz CT molecular complexity index is 658. The van der Waals surface area contributed by atoms with Crippen LogP contribution in [0.1, 0.15) is 31.4 Å². The fourth-order valence-electron chi connectivity index (χ4n) is 2.83. The summed E-state index contributed by atoms with van der Waals surface area (Å²) in [6.07, 6.45) is 1.71. The summed E-state index contributed by atoms with van der Waals surface area (Å²) in [6.45, 7) is 5.49. The molecule has 0 spiro atoms. The Morgan fingerprint density at radius 1 is 1.12 bits per heavy atom. The maximum atomic E-state index is 12.7. The number of hydrogen-bond donors (Lipinski definition) is 1. The van der Waals surface area contributed by atoms with Crippen molar-refractivity contribution < 1.29 is 9.53 Å². The van der Waals surface area contributed by atoms with Crippen LogP contribution < -0.4 is 10.1 Å². The van der Waals surface area contributed by atoms with Gasteiger partial charge in [0.2, 0.25) is 0 Å². The maximum Gasteiger partial charge on any atom is 0.317 e. The van der Waals surface area contributed by atoms with Gasteiger partial charge in [0.05, 0.1) is 7.11 Å². The first-order valence-corrected chi connectivity index (χ1v) is 8.84. The summed E-state index contributed by atoms with van der Waals surface area (Å²) in [7, 11) is 1.66. The molecule has 4 nitrogen and oxygen atoms in total. The Balaban J connectivity index is 1.94. The van der Waals surface area contributed by atoms with Gasteiger partial charge in [0.1, 0.15) is 5.75 Å². The minimum Gasteiger partial charge on any atom is -0.497 e. The van der Waals surface area contributed by atoms with Crippen molar-refractivity contribution in [2.24, 2.45) is 0 Å². The van der Waals surface area contributed by atoms with Gasteiger partial charge in [-0.2, -0.15) is 0 Å². The van der Waals surface area contributed by atoms with Crippen molar-refractivity contribution in [3.05, 3.63) is 65.7 Å². The third-order valence-corrected chi connectivity index (χ3v) is 4.04. The molecule has 2 rings (SSSR count). The normalized spacial score (nSPS) is 11.6. The lowest BCUT2D eigenvalue weighted by molar-refractivity contribution is 0.191. The summed E-state index contributed by atoms with van der Waals surface area (Å²) in [6, 6.07) is 18.1. The molecular formula is C21H28N2O2. The molecular weight excluding hydrogens is 312 g/mol. The van der Waals surface area contributed by atoms with Crippen molar-refractivity contribution in [3.63, 3.8) is 0 Å². The molecule has 0 aliphatic heterocycles. The molecule has 0 aliphatic rings. The first-order chi connectivity index (χ1) is 12.1. The van der Waals surface area contributed by atoms with E-state index < -0.39 is 0 Å². The summed E-state index contributed by atoms with van der Waals surface area (Å²) in [5.41, 5.74) is 2.30. The number of hydrogen-bond acceptors (Lipinski definition) is 2. The number of urea groups is 1. The second-order valence-corrected chi connectivity index (χ2v) is 6.31. The van der Waals surface area contributed by atoms with E-state index in [0.717, 1.165) is 36.3 Å². The molecule has 1 unspecified atom stereocenters. The summed E-state index contributed by atoms with van der Waals surface area (Å²) in [4.78, 5) is 14.5. The van der Waals surface area contributed by atoms with Crippen molar-refractivity contribution in [1.82, 2.24) is 10.2 Å². The first kappa shape index (κ1) is 18.8. The highest BCUT2D eigenvalue weighted by Gasteiger charge is 2.15. The highest BCUT2D eigenvalue weighted by atomic mass is 16.5.